The first-order valence-corrected chi connectivity index (χ1v) is 6.66. The summed E-state index contributed by atoms with van der Waals surface area (Å²) < 4.78 is 2.39. The van der Waals surface area contributed by atoms with Crippen molar-refractivity contribution in [1.82, 2.24) is 14.5 Å². The number of H-pyrrole nitrogens is 1. The number of aromatic amines is 1. The number of benzene rings is 1. The number of rotatable bonds is 2. The summed E-state index contributed by atoms with van der Waals surface area (Å²) in [5.41, 5.74) is -0.174. The molecule has 3 rings (SSSR count). The standard InChI is InChI=1S/C12H8ClN3O2S/c13-7-5-16(12(18)15-11(7)17)6-10-14-8-3-1-2-4-9(8)19-10/h1-5H,6H2,(H,15,17,18). The van der Waals surface area contributed by atoms with E-state index < -0.39 is 11.2 Å². The Morgan fingerprint density at radius 2 is 2.11 bits per heavy atom. The van der Waals surface area contributed by atoms with Crippen LogP contribution in [0.3, 0.4) is 0 Å². The van der Waals surface area contributed by atoms with E-state index >= 15 is 0 Å². The normalized spacial score (nSPS) is 11.0. The maximum atomic E-state index is 11.6. The van der Waals surface area contributed by atoms with Gasteiger partial charge in [-0.2, -0.15) is 0 Å². The van der Waals surface area contributed by atoms with E-state index in [4.69, 9.17) is 11.6 Å². The Morgan fingerprint density at radius 1 is 1.32 bits per heavy atom. The summed E-state index contributed by atoms with van der Waals surface area (Å²) in [6.07, 6.45) is 1.33. The molecular weight excluding hydrogens is 286 g/mol. The van der Waals surface area contributed by atoms with Gasteiger partial charge in [-0.1, -0.05) is 23.7 Å². The van der Waals surface area contributed by atoms with Crippen molar-refractivity contribution in [1.29, 1.82) is 0 Å². The molecule has 1 aromatic carbocycles. The molecular formula is C12H8ClN3O2S. The molecule has 0 unspecified atom stereocenters. The number of nitrogens with zero attached hydrogens (tertiary/aromatic N) is 2. The fraction of sp³-hybridized carbons (Fsp3) is 0.0833. The number of aromatic nitrogens is 3. The van der Waals surface area contributed by atoms with Gasteiger partial charge in [0.25, 0.3) is 5.56 Å². The Bertz CT molecular complexity index is 832. The average molecular weight is 294 g/mol. The summed E-state index contributed by atoms with van der Waals surface area (Å²) in [5.74, 6) is 0. The van der Waals surface area contributed by atoms with Crippen molar-refractivity contribution >= 4 is 33.2 Å². The number of para-hydroxylation sites is 1. The Labute approximate surface area is 116 Å². The number of hydrogen-bond acceptors (Lipinski definition) is 4. The lowest BCUT2D eigenvalue weighted by Gasteiger charge is -2.01. The fourth-order valence-corrected chi connectivity index (χ4v) is 2.86. The van der Waals surface area contributed by atoms with Crippen molar-refractivity contribution < 1.29 is 0 Å². The minimum absolute atomic E-state index is 0.0132. The minimum Gasteiger partial charge on any atom is -0.292 e. The van der Waals surface area contributed by atoms with Gasteiger partial charge in [-0.25, -0.2) is 9.78 Å². The van der Waals surface area contributed by atoms with Gasteiger partial charge in [0.1, 0.15) is 10.0 Å². The molecule has 0 aliphatic carbocycles. The van der Waals surface area contributed by atoms with E-state index in [1.807, 2.05) is 24.3 Å². The van der Waals surface area contributed by atoms with E-state index in [1.165, 1.54) is 22.1 Å². The summed E-state index contributed by atoms with van der Waals surface area (Å²) in [7, 11) is 0. The van der Waals surface area contributed by atoms with Crippen LogP contribution in [0.1, 0.15) is 5.01 Å². The van der Waals surface area contributed by atoms with Gasteiger partial charge < -0.3 is 0 Å². The van der Waals surface area contributed by atoms with Crippen LogP contribution in [-0.4, -0.2) is 14.5 Å². The first-order valence-electron chi connectivity index (χ1n) is 5.47. The van der Waals surface area contributed by atoms with E-state index in [1.54, 1.807) is 0 Å². The first kappa shape index (κ1) is 12.1. The van der Waals surface area contributed by atoms with Crippen molar-refractivity contribution in [3.05, 3.63) is 61.3 Å². The van der Waals surface area contributed by atoms with Crippen molar-refractivity contribution in [3.8, 4) is 0 Å². The Hall–Kier alpha value is -1.92. The van der Waals surface area contributed by atoms with Crippen molar-refractivity contribution in [2.45, 2.75) is 6.54 Å². The zero-order valence-corrected chi connectivity index (χ0v) is 11.2. The van der Waals surface area contributed by atoms with Gasteiger partial charge in [-0.15, -0.1) is 11.3 Å². The topological polar surface area (TPSA) is 67.8 Å². The third-order valence-electron chi connectivity index (χ3n) is 2.61. The molecule has 0 amide bonds. The Balaban J connectivity index is 2.03. The summed E-state index contributed by atoms with van der Waals surface area (Å²) in [6.45, 7) is 0.286. The van der Waals surface area contributed by atoms with Crippen molar-refractivity contribution in [3.63, 3.8) is 0 Å². The molecule has 2 heterocycles. The maximum absolute atomic E-state index is 11.6. The van der Waals surface area contributed by atoms with Crippen LogP contribution in [0.4, 0.5) is 0 Å². The molecule has 0 spiro atoms. The number of thiazole rings is 1. The third kappa shape index (κ3) is 2.32. The molecule has 0 radical (unpaired) electrons. The van der Waals surface area contributed by atoms with E-state index in [-0.39, 0.29) is 11.6 Å². The lowest BCUT2D eigenvalue weighted by Crippen LogP contribution is -2.29. The van der Waals surface area contributed by atoms with Crippen LogP contribution in [0.15, 0.2) is 40.1 Å². The predicted molar refractivity (Wildman–Crippen MR) is 75.1 cm³/mol. The maximum Gasteiger partial charge on any atom is 0.328 e. The molecule has 0 saturated carbocycles. The molecule has 0 fully saturated rings. The van der Waals surface area contributed by atoms with Crippen LogP contribution < -0.4 is 11.2 Å². The summed E-state index contributed by atoms with van der Waals surface area (Å²) in [6, 6.07) is 7.74. The molecule has 0 saturated heterocycles. The predicted octanol–water partition coefficient (Wildman–Crippen LogP) is 1.85. The summed E-state index contributed by atoms with van der Waals surface area (Å²) >= 11 is 7.22. The summed E-state index contributed by atoms with van der Waals surface area (Å²) in [4.78, 5) is 29.4. The van der Waals surface area contributed by atoms with Gasteiger partial charge in [-0.3, -0.25) is 14.3 Å². The van der Waals surface area contributed by atoms with Crippen LogP contribution >= 0.6 is 22.9 Å². The minimum atomic E-state index is -0.577. The number of nitrogens with one attached hydrogen (secondary N) is 1. The second-order valence-electron chi connectivity index (χ2n) is 3.94. The monoisotopic (exact) mass is 293 g/mol. The highest BCUT2D eigenvalue weighted by Gasteiger charge is 2.07. The highest BCUT2D eigenvalue weighted by atomic mass is 35.5. The summed E-state index contributed by atoms with van der Waals surface area (Å²) in [5, 5.41) is 0.770. The third-order valence-corrected chi connectivity index (χ3v) is 3.90. The molecule has 19 heavy (non-hydrogen) atoms. The van der Waals surface area contributed by atoms with Gasteiger partial charge >= 0.3 is 5.69 Å². The lowest BCUT2D eigenvalue weighted by molar-refractivity contribution is 0.718. The van der Waals surface area contributed by atoms with Gasteiger partial charge in [0, 0.05) is 6.20 Å². The van der Waals surface area contributed by atoms with E-state index in [2.05, 4.69) is 9.97 Å². The molecule has 2 aromatic heterocycles. The first-order chi connectivity index (χ1) is 9.13. The second-order valence-corrected chi connectivity index (χ2v) is 5.46. The molecule has 1 N–H and O–H groups in total. The van der Waals surface area contributed by atoms with Crippen LogP contribution in [0.25, 0.3) is 10.2 Å². The highest BCUT2D eigenvalue weighted by Crippen LogP contribution is 2.21. The quantitative estimate of drug-likeness (QED) is 0.784. The van der Waals surface area contributed by atoms with Crippen LogP contribution in [0.5, 0.6) is 0 Å². The molecule has 0 aliphatic heterocycles. The molecule has 0 bridgehead atoms. The fourth-order valence-electron chi connectivity index (χ4n) is 1.73. The molecule has 7 heteroatoms. The molecule has 0 aliphatic rings. The smallest absolute Gasteiger partial charge is 0.292 e. The van der Waals surface area contributed by atoms with Crippen molar-refractivity contribution in [2.75, 3.05) is 0 Å². The number of halogens is 1. The zero-order chi connectivity index (χ0) is 13.4. The van der Waals surface area contributed by atoms with Gasteiger partial charge in [-0.05, 0) is 12.1 Å². The second kappa shape index (κ2) is 4.64. The lowest BCUT2D eigenvalue weighted by atomic mass is 10.3. The SMILES string of the molecule is O=c1[nH]c(=O)n(Cc2nc3ccccc3s2)cc1Cl. The average Bonchev–Trinajstić information content (AvgIpc) is 2.78. The van der Waals surface area contributed by atoms with Gasteiger partial charge in [0.15, 0.2) is 0 Å². The van der Waals surface area contributed by atoms with E-state index in [9.17, 15) is 9.59 Å². The van der Waals surface area contributed by atoms with Gasteiger partial charge in [0.2, 0.25) is 0 Å². The van der Waals surface area contributed by atoms with Crippen LogP contribution in [0, 0.1) is 0 Å². The van der Waals surface area contributed by atoms with E-state index in [0.717, 1.165) is 15.2 Å². The molecule has 3 aromatic rings. The highest BCUT2D eigenvalue weighted by molar-refractivity contribution is 7.18. The van der Waals surface area contributed by atoms with Crippen molar-refractivity contribution in [2.24, 2.45) is 0 Å². The molecule has 5 nitrogen and oxygen atoms in total. The number of fused-ring (bicyclic) bond motifs is 1. The molecule has 0 atom stereocenters. The number of hydrogen-bond donors (Lipinski definition) is 1. The zero-order valence-electron chi connectivity index (χ0n) is 9.59. The Kier molecular flexibility index (Phi) is 2.96. The Morgan fingerprint density at radius 3 is 2.89 bits per heavy atom. The van der Waals surface area contributed by atoms with Crippen LogP contribution in [0.2, 0.25) is 5.02 Å². The van der Waals surface area contributed by atoms with Crippen LogP contribution in [-0.2, 0) is 6.54 Å². The van der Waals surface area contributed by atoms with E-state index in [0.29, 0.717) is 0 Å². The largest absolute Gasteiger partial charge is 0.328 e. The van der Waals surface area contributed by atoms with Gasteiger partial charge in [0.05, 0.1) is 16.8 Å². The molecule has 96 valence electrons.